The van der Waals surface area contributed by atoms with Gasteiger partial charge in [0.1, 0.15) is 0 Å². The summed E-state index contributed by atoms with van der Waals surface area (Å²) in [6, 6.07) is 0.543. The third kappa shape index (κ3) is 3.94. The van der Waals surface area contributed by atoms with E-state index >= 15 is 0 Å². The molecule has 1 rings (SSSR count). The number of hydrogen-bond acceptors (Lipinski definition) is 3. The zero-order valence-electron chi connectivity index (χ0n) is 11.1. The Morgan fingerprint density at radius 3 is 2.62 bits per heavy atom. The molecule has 0 saturated carbocycles. The molecule has 1 unspecified atom stereocenters. The van der Waals surface area contributed by atoms with Crippen LogP contribution < -0.4 is 5.32 Å². The topological polar surface area (TPSA) is 33.1 Å². The van der Waals surface area contributed by atoms with E-state index in [0.717, 1.165) is 13.1 Å². The third-order valence-corrected chi connectivity index (χ3v) is 2.89. The van der Waals surface area contributed by atoms with Gasteiger partial charge in [-0.25, -0.2) is 0 Å². The van der Waals surface area contributed by atoms with E-state index in [1.54, 1.807) is 0 Å². The number of rotatable bonds is 6. The van der Waals surface area contributed by atoms with E-state index in [0.29, 0.717) is 12.0 Å². The molecular weight excluding hydrogens is 200 g/mol. The van der Waals surface area contributed by atoms with Crippen LogP contribution in [0.3, 0.4) is 0 Å². The van der Waals surface area contributed by atoms with Crippen molar-refractivity contribution in [2.45, 2.75) is 26.4 Å². The Morgan fingerprint density at radius 2 is 2.19 bits per heavy atom. The molecule has 0 bridgehead atoms. The molecule has 4 heteroatoms. The molecule has 4 nitrogen and oxygen atoms in total. The van der Waals surface area contributed by atoms with Gasteiger partial charge in [0.2, 0.25) is 0 Å². The Morgan fingerprint density at radius 1 is 1.50 bits per heavy atom. The molecule has 92 valence electrons. The average Bonchev–Trinajstić information content (AvgIpc) is 2.60. The second-order valence-electron chi connectivity index (χ2n) is 4.86. The van der Waals surface area contributed by atoms with Crippen LogP contribution >= 0.6 is 0 Å². The summed E-state index contributed by atoms with van der Waals surface area (Å²) < 4.78 is 1.85. The van der Waals surface area contributed by atoms with Gasteiger partial charge in [0.15, 0.2) is 0 Å². The van der Waals surface area contributed by atoms with Crippen LogP contribution in [0.1, 0.15) is 19.4 Å². The molecule has 0 aliphatic rings. The fourth-order valence-electron chi connectivity index (χ4n) is 1.90. The molecule has 0 spiro atoms. The lowest BCUT2D eigenvalue weighted by atomic mass is 10.0. The van der Waals surface area contributed by atoms with Gasteiger partial charge in [0, 0.05) is 37.9 Å². The van der Waals surface area contributed by atoms with Crippen LogP contribution in [-0.4, -0.2) is 41.4 Å². The summed E-state index contributed by atoms with van der Waals surface area (Å²) in [4.78, 5) is 2.33. The first kappa shape index (κ1) is 13.2. The highest BCUT2D eigenvalue weighted by Gasteiger charge is 2.13. The molecule has 0 aromatic carbocycles. The van der Waals surface area contributed by atoms with Crippen LogP contribution in [0.15, 0.2) is 12.4 Å². The second kappa shape index (κ2) is 6.01. The van der Waals surface area contributed by atoms with Gasteiger partial charge in [-0.3, -0.25) is 4.68 Å². The molecular formula is C12H24N4. The van der Waals surface area contributed by atoms with Crippen molar-refractivity contribution in [2.24, 2.45) is 13.0 Å². The smallest absolute Gasteiger partial charge is 0.0534 e. The molecule has 1 atom stereocenters. The summed E-state index contributed by atoms with van der Waals surface area (Å²) in [6.45, 7) is 6.51. The fourth-order valence-corrected chi connectivity index (χ4v) is 1.90. The fraction of sp³-hybridized carbons (Fsp3) is 0.750. The zero-order valence-corrected chi connectivity index (χ0v) is 11.1. The number of nitrogens with zero attached hydrogens (tertiary/aromatic N) is 3. The van der Waals surface area contributed by atoms with Crippen molar-refractivity contribution in [3.63, 3.8) is 0 Å². The summed E-state index contributed by atoms with van der Waals surface area (Å²) in [6.07, 6.45) is 4.00. The van der Waals surface area contributed by atoms with Crippen LogP contribution in [0.2, 0.25) is 0 Å². The van der Waals surface area contributed by atoms with Gasteiger partial charge in [-0.1, -0.05) is 13.8 Å². The van der Waals surface area contributed by atoms with Gasteiger partial charge in [-0.15, -0.1) is 0 Å². The largest absolute Gasteiger partial charge is 0.315 e. The van der Waals surface area contributed by atoms with Crippen molar-refractivity contribution in [3.8, 4) is 0 Å². The predicted octanol–water partition coefficient (Wildman–Crippen LogP) is 1.10. The average molecular weight is 224 g/mol. The van der Waals surface area contributed by atoms with Gasteiger partial charge < -0.3 is 10.2 Å². The van der Waals surface area contributed by atoms with Gasteiger partial charge in [0.05, 0.1) is 6.20 Å². The van der Waals surface area contributed by atoms with Crippen molar-refractivity contribution < 1.29 is 0 Å². The molecule has 0 aliphatic carbocycles. The number of hydrogen-bond donors (Lipinski definition) is 1. The highest BCUT2D eigenvalue weighted by atomic mass is 15.2. The molecule has 16 heavy (non-hydrogen) atoms. The normalized spacial score (nSPS) is 13.7. The lowest BCUT2D eigenvalue weighted by Gasteiger charge is -2.26. The Kier molecular flexibility index (Phi) is 4.96. The van der Waals surface area contributed by atoms with Gasteiger partial charge >= 0.3 is 0 Å². The van der Waals surface area contributed by atoms with Crippen LogP contribution in [0.4, 0.5) is 0 Å². The van der Waals surface area contributed by atoms with Crippen molar-refractivity contribution in [3.05, 3.63) is 18.0 Å². The van der Waals surface area contributed by atoms with Gasteiger partial charge in [0.25, 0.3) is 0 Å². The van der Waals surface area contributed by atoms with E-state index < -0.39 is 0 Å². The Balaban J connectivity index is 2.43. The monoisotopic (exact) mass is 224 g/mol. The van der Waals surface area contributed by atoms with E-state index in [2.05, 4.69) is 42.4 Å². The van der Waals surface area contributed by atoms with E-state index in [4.69, 9.17) is 0 Å². The summed E-state index contributed by atoms with van der Waals surface area (Å²) in [5, 5.41) is 7.54. The quantitative estimate of drug-likeness (QED) is 0.785. The number of nitrogens with one attached hydrogen (secondary N) is 1. The molecule has 0 fully saturated rings. The lowest BCUT2D eigenvalue weighted by Crippen LogP contribution is -2.40. The van der Waals surface area contributed by atoms with E-state index in [1.165, 1.54) is 5.56 Å². The standard InChI is InChI=1S/C12H24N4/c1-10(2)12(13-3)9-15(4)7-11-6-14-16(5)8-11/h6,8,10,12-13H,7,9H2,1-5H3. The SMILES string of the molecule is CNC(CN(C)Cc1cnn(C)c1)C(C)C. The minimum atomic E-state index is 0.543. The molecule has 1 N–H and O–H groups in total. The summed E-state index contributed by atoms with van der Waals surface area (Å²) in [5.74, 6) is 0.654. The second-order valence-corrected chi connectivity index (χ2v) is 4.86. The summed E-state index contributed by atoms with van der Waals surface area (Å²) in [7, 11) is 6.14. The van der Waals surface area contributed by atoms with Crippen molar-refractivity contribution >= 4 is 0 Å². The van der Waals surface area contributed by atoms with Crippen molar-refractivity contribution in [1.29, 1.82) is 0 Å². The molecule has 1 aromatic rings. The van der Waals surface area contributed by atoms with E-state index in [9.17, 15) is 0 Å². The lowest BCUT2D eigenvalue weighted by molar-refractivity contribution is 0.256. The molecule has 0 amide bonds. The van der Waals surface area contributed by atoms with Gasteiger partial charge in [-0.2, -0.15) is 5.10 Å². The molecule has 0 aliphatic heterocycles. The van der Waals surface area contributed by atoms with Crippen LogP contribution in [0, 0.1) is 5.92 Å². The van der Waals surface area contributed by atoms with Gasteiger partial charge in [-0.05, 0) is 20.0 Å². The Hall–Kier alpha value is -0.870. The van der Waals surface area contributed by atoms with Crippen molar-refractivity contribution in [1.82, 2.24) is 20.0 Å². The van der Waals surface area contributed by atoms with E-state index in [-0.39, 0.29) is 0 Å². The first-order valence-corrected chi connectivity index (χ1v) is 5.86. The number of aryl methyl sites for hydroxylation is 1. The molecule has 0 saturated heterocycles. The van der Waals surface area contributed by atoms with E-state index in [1.807, 2.05) is 25.0 Å². The molecule has 1 aromatic heterocycles. The first-order chi connectivity index (χ1) is 7.52. The maximum atomic E-state index is 4.18. The highest BCUT2D eigenvalue weighted by Crippen LogP contribution is 2.06. The van der Waals surface area contributed by atoms with Crippen LogP contribution in [0.5, 0.6) is 0 Å². The summed E-state index contributed by atoms with van der Waals surface area (Å²) >= 11 is 0. The number of aromatic nitrogens is 2. The molecule has 1 heterocycles. The predicted molar refractivity (Wildman–Crippen MR) is 67.2 cm³/mol. The highest BCUT2D eigenvalue weighted by molar-refractivity contribution is 5.03. The third-order valence-electron chi connectivity index (χ3n) is 2.89. The van der Waals surface area contributed by atoms with Crippen LogP contribution in [0.25, 0.3) is 0 Å². The Labute approximate surface area is 98.6 Å². The first-order valence-electron chi connectivity index (χ1n) is 5.86. The maximum Gasteiger partial charge on any atom is 0.0534 e. The zero-order chi connectivity index (χ0) is 12.1. The van der Waals surface area contributed by atoms with Crippen molar-refractivity contribution in [2.75, 3.05) is 20.6 Å². The minimum Gasteiger partial charge on any atom is -0.315 e. The molecule has 0 radical (unpaired) electrons. The summed E-state index contributed by atoms with van der Waals surface area (Å²) in [5.41, 5.74) is 1.27. The number of likely N-dealkylation sites (N-methyl/N-ethyl adjacent to an activating group) is 2. The Bertz CT molecular complexity index is 306. The van der Waals surface area contributed by atoms with Crippen LogP contribution in [-0.2, 0) is 13.6 Å². The maximum absolute atomic E-state index is 4.18. The minimum absolute atomic E-state index is 0.543.